The highest BCUT2D eigenvalue weighted by Crippen LogP contribution is 2.22. The smallest absolute Gasteiger partial charge is 0.127 e. The maximum absolute atomic E-state index is 8.99. The molecule has 0 amide bonds. The van der Waals surface area contributed by atoms with E-state index < -0.39 is 0 Å². The van der Waals surface area contributed by atoms with Crippen molar-refractivity contribution in [2.75, 3.05) is 6.61 Å². The number of aliphatic hydroxyl groups excluding tert-OH is 1. The molecular formula is C10H14O2. The molecule has 2 heteroatoms. The van der Waals surface area contributed by atoms with Crippen LogP contribution in [0.15, 0.2) is 18.2 Å². The Labute approximate surface area is 72.8 Å². The van der Waals surface area contributed by atoms with Crippen LogP contribution in [0.2, 0.25) is 0 Å². The Morgan fingerprint density at radius 2 is 2.17 bits per heavy atom. The molecule has 0 aliphatic rings. The molecule has 0 aromatic heterocycles. The first-order chi connectivity index (χ1) is 5.79. The van der Waals surface area contributed by atoms with Gasteiger partial charge in [0.25, 0.3) is 0 Å². The first-order valence-electron chi connectivity index (χ1n) is 4.11. The number of hydrogen-bond acceptors (Lipinski definition) is 2. The largest absolute Gasteiger partial charge is 0.493 e. The highest BCUT2D eigenvalue weighted by molar-refractivity contribution is 5.40. The summed E-state index contributed by atoms with van der Waals surface area (Å²) in [6, 6.07) is 5.77. The van der Waals surface area contributed by atoms with Crippen LogP contribution in [-0.2, 0) is 6.61 Å². The number of rotatable bonds is 3. The van der Waals surface area contributed by atoms with Crippen molar-refractivity contribution in [2.24, 2.45) is 0 Å². The molecule has 0 bridgehead atoms. The molecule has 0 aliphatic heterocycles. The number of ether oxygens (including phenoxy) is 1. The number of para-hydroxylation sites is 1. The van der Waals surface area contributed by atoms with Gasteiger partial charge in [0.15, 0.2) is 0 Å². The van der Waals surface area contributed by atoms with E-state index in [2.05, 4.69) is 0 Å². The number of benzene rings is 1. The first-order valence-corrected chi connectivity index (χ1v) is 4.11. The van der Waals surface area contributed by atoms with Crippen LogP contribution in [-0.4, -0.2) is 11.7 Å². The van der Waals surface area contributed by atoms with Crippen molar-refractivity contribution >= 4 is 0 Å². The lowest BCUT2D eigenvalue weighted by Gasteiger charge is -2.10. The summed E-state index contributed by atoms with van der Waals surface area (Å²) in [4.78, 5) is 0. The first kappa shape index (κ1) is 9.07. The van der Waals surface area contributed by atoms with Crippen molar-refractivity contribution in [2.45, 2.75) is 20.5 Å². The third-order valence-corrected chi connectivity index (χ3v) is 1.75. The van der Waals surface area contributed by atoms with Gasteiger partial charge in [-0.05, 0) is 19.4 Å². The van der Waals surface area contributed by atoms with Gasteiger partial charge in [-0.15, -0.1) is 0 Å². The topological polar surface area (TPSA) is 29.5 Å². The Kier molecular flexibility index (Phi) is 3.11. The molecule has 1 rings (SSSR count). The molecule has 0 saturated carbocycles. The Hall–Kier alpha value is -1.02. The van der Waals surface area contributed by atoms with Crippen molar-refractivity contribution in [3.05, 3.63) is 29.3 Å². The molecule has 0 spiro atoms. The van der Waals surface area contributed by atoms with Gasteiger partial charge in [-0.1, -0.05) is 18.2 Å². The number of aryl methyl sites for hydroxylation is 1. The van der Waals surface area contributed by atoms with E-state index in [1.165, 1.54) is 0 Å². The maximum Gasteiger partial charge on any atom is 0.127 e. The van der Waals surface area contributed by atoms with E-state index in [-0.39, 0.29) is 6.61 Å². The molecule has 0 radical (unpaired) electrons. The van der Waals surface area contributed by atoms with Gasteiger partial charge >= 0.3 is 0 Å². The van der Waals surface area contributed by atoms with Crippen molar-refractivity contribution in [1.29, 1.82) is 0 Å². The van der Waals surface area contributed by atoms with Crippen LogP contribution in [0.5, 0.6) is 5.75 Å². The summed E-state index contributed by atoms with van der Waals surface area (Å²) >= 11 is 0. The predicted octanol–water partition coefficient (Wildman–Crippen LogP) is 1.89. The zero-order valence-corrected chi connectivity index (χ0v) is 7.50. The van der Waals surface area contributed by atoms with Gasteiger partial charge in [-0.25, -0.2) is 0 Å². The minimum atomic E-state index is 0.0387. The van der Waals surface area contributed by atoms with E-state index in [4.69, 9.17) is 9.84 Å². The molecule has 1 aromatic carbocycles. The van der Waals surface area contributed by atoms with E-state index in [1.807, 2.05) is 32.0 Å². The van der Waals surface area contributed by atoms with Crippen molar-refractivity contribution in [1.82, 2.24) is 0 Å². The lowest BCUT2D eigenvalue weighted by molar-refractivity contribution is 0.266. The van der Waals surface area contributed by atoms with Gasteiger partial charge in [0.05, 0.1) is 13.2 Å². The SMILES string of the molecule is CCOc1c(C)cccc1CO. The Balaban J connectivity index is 3.02. The third kappa shape index (κ3) is 1.77. The second-order valence-electron chi connectivity index (χ2n) is 2.65. The molecule has 66 valence electrons. The zero-order chi connectivity index (χ0) is 8.97. The predicted molar refractivity (Wildman–Crippen MR) is 48.3 cm³/mol. The van der Waals surface area contributed by atoms with Crippen molar-refractivity contribution in [3.63, 3.8) is 0 Å². The minimum absolute atomic E-state index is 0.0387. The van der Waals surface area contributed by atoms with Crippen LogP contribution in [0, 0.1) is 6.92 Å². The number of hydrogen-bond donors (Lipinski definition) is 1. The quantitative estimate of drug-likeness (QED) is 0.743. The highest BCUT2D eigenvalue weighted by atomic mass is 16.5. The average Bonchev–Trinajstić information content (AvgIpc) is 2.09. The van der Waals surface area contributed by atoms with Gasteiger partial charge < -0.3 is 9.84 Å². The Bertz CT molecular complexity index is 256. The number of aliphatic hydroxyl groups is 1. The molecule has 0 fully saturated rings. The Morgan fingerprint density at radius 3 is 2.75 bits per heavy atom. The van der Waals surface area contributed by atoms with Gasteiger partial charge in [0.1, 0.15) is 5.75 Å². The summed E-state index contributed by atoms with van der Waals surface area (Å²) in [6.45, 7) is 4.59. The summed E-state index contributed by atoms with van der Waals surface area (Å²) in [7, 11) is 0. The molecule has 2 nitrogen and oxygen atoms in total. The van der Waals surface area contributed by atoms with Crippen molar-refractivity contribution < 1.29 is 9.84 Å². The van der Waals surface area contributed by atoms with E-state index in [0.717, 1.165) is 16.9 Å². The van der Waals surface area contributed by atoms with Gasteiger partial charge in [-0.2, -0.15) is 0 Å². The minimum Gasteiger partial charge on any atom is -0.493 e. The average molecular weight is 166 g/mol. The molecule has 0 aliphatic carbocycles. The molecule has 0 unspecified atom stereocenters. The standard InChI is InChI=1S/C10H14O2/c1-3-12-10-8(2)5-4-6-9(10)7-11/h4-6,11H,3,7H2,1-2H3. The monoisotopic (exact) mass is 166 g/mol. The molecule has 12 heavy (non-hydrogen) atoms. The second kappa shape index (κ2) is 4.12. The van der Waals surface area contributed by atoms with Gasteiger partial charge in [0, 0.05) is 5.56 Å². The fourth-order valence-electron chi connectivity index (χ4n) is 1.19. The highest BCUT2D eigenvalue weighted by Gasteiger charge is 2.03. The Morgan fingerprint density at radius 1 is 1.42 bits per heavy atom. The molecule has 0 atom stereocenters. The van der Waals surface area contributed by atoms with Gasteiger partial charge in [0.2, 0.25) is 0 Å². The lowest BCUT2D eigenvalue weighted by atomic mass is 10.1. The third-order valence-electron chi connectivity index (χ3n) is 1.75. The summed E-state index contributed by atoms with van der Waals surface area (Å²) in [6.07, 6.45) is 0. The molecule has 0 heterocycles. The van der Waals surface area contributed by atoms with Crippen LogP contribution in [0.4, 0.5) is 0 Å². The fraction of sp³-hybridized carbons (Fsp3) is 0.400. The lowest BCUT2D eigenvalue weighted by Crippen LogP contribution is -1.98. The van der Waals surface area contributed by atoms with Crippen LogP contribution in [0.1, 0.15) is 18.1 Å². The summed E-state index contributed by atoms with van der Waals surface area (Å²) in [5.41, 5.74) is 1.93. The normalized spacial score (nSPS) is 9.92. The summed E-state index contributed by atoms with van der Waals surface area (Å²) in [5.74, 6) is 0.822. The zero-order valence-electron chi connectivity index (χ0n) is 7.50. The molecule has 1 N–H and O–H groups in total. The van der Waals surface area contributed by atoms with Crippen LogP contribution < -0.4 is 4.74 Å². The van der Waals surface area contributed by atoms with Crippen LogP contribution >= 0.6 is 0 Å². The summed E-state index contributed by atoms with van der Waals surface area (Å²) in [5, 5.41) is 8.99. The maximum atomic E-state index is 8.99. The van der Waals surface area contributed by atoms with E-state index in [9.17, 15) is 0 Å². The van der Waals surface area contributed by atoms with E-state index in [0.29, 0.717) is 6.61 Å². The van der Waals surface area contributed by atoms with Gasteiger partial charge in [-0.3, -0.25) is 0 Å². The van der Waals surface area contributed by atoms with Crippen LogP contribution in [0.25, 0.3) is 0 Å². The fourth-order valence-corrected chi connectivity index (χ4v) is 1.19. The van der Waals surface area contributed by atoms with E-state index in [1.54, 1.807) is 0 Å². The van der Waals surface area contributed by atoms with Crippen molar-refractivity contribution in [3.8, 4) is 5.75 Å². The van der Waals surface area contributed by atoms with E-state index >= 15 is 0 Å². The van der Waals surface area contributed by atoms with Crippen LogP contribution in [0.3, 0.4) is 0 Å². The molecule has 1 aromatic rings. The molecule has 0 saturated heterocycles. The second-order valence-corrected chi connectivity index (χ2v) is 2.65. The molecular weight excluding hydrogens is 152 g/mol. The summed E-state index contributed by atoms with van der Waals surface area (Å²) < 4.78 is 5.40.